The lowest BCUT2D eigenvalue weighted by Crippen LogP contribution is -2.43. The van der Waals surface area contributed by atoms with E-state index in [0.717, 1.165) is 28.7 Å². The minimum absolute atomic E-state index is 0.0950. The van der Waals surface area contributed by atoms with E-state index in [2.05, 4.69) is 27.8 Å². The monoisotopic (exact) mass is 326 g/mol. The highest BCUT2D eigenvalue weighted by atomic mass is 79.9. The van der Waals surface area contributed by atoms with E-state index in [1.807, 2.05) is 51.0 Å². The Labute approximate surface area is 124 Å². The predicted molar refractivity (Wildman–Crippen MR) is 83.6 cm³/mol. The average molecular weight is 327 g/mol. The minimum Gasteiger partial charge on any atom is -0.335 e. The molecule has 0 aliphatic carbocycles. The van der Waals surface area contributed by atoms with Gasteiger partial charge < -0.3 is 9.80 Å². The molecule has 1 unspecified atom stereocenters. The van der Waals surface area contributed by atoms with Crippen LogP contribution in [0.2, 0.25) is 0 Å². The molecule has 0 aromatic heterocycles. The van der Waals surface area contributed by atoms with Crippen molar-refractivity contribution in [2.75, 3.05) is 27.2 Å². The Kier molecular flexibility index (Phi) is 6.01. The third-order valence-corrected chi connectivity index (χ3v) is 4.04. The number of amides is 1. The number of benzene rings is 1. The van der Waals surface area contributed by atoms with Gasteiger partial charge in [0.2, 0.25) is 0 Å². The van der Waals surface area contributed by atoms with Crippen LogP contribution >= 0.6 is 15.9 Å². The highest BCUT2D eigenvalue weighted by Gasteiger charge is 2.20. The number of rotatable bonds is 5. The Morgan fingerprint density at radius 2 is 2.00 bits per heavy atom. The molecule has 0 fully saturated rings. The summed E-state index contributed by atoms with van der Waals surface area (Å²) in [6.45, 7) is 7.72. The summed E-state index contributed by atoms with van der Waals surface area (Å²) in [6.07, 6.45) is 0. The van der Waals surface area contributed by atoms with Crippen molar-refractivity contribution in [3.8, 4) is 0 Å². The molecule has 0 saturated heterocycles. The van der Waals surface area contributed by atoms with Gasteiger partial charge in [0.05, 0.1) is 0 Å². The molecule has 1 atom stereocenters. The summed E-state index contributed by atoms with van der Waals surface area (Å²) in [5, 5.41) is 0. The molecule has 106 valence electrons. The van der Waals surface area contributed by atoms with Crippen LogP contribution in [0, 0.1) is 6.92 Å². The maximum Gasteiger partial charge on any atom is 0.254 e. The molecule has 1 rings (SSSR count). The van der Waals surface area contributed by atoms with Crippen LogP contribution in [-0.4, -0.2) is 48.9 Å². The molecule has 0 aliphatic rings. The summed E-state index contributed by atoms with van der Waals surface area (Å²) in [7, 11) is 4.05. The number of carbonyl (C=O) groups is 1. The first-order chi connectivity index (χ1) is 8.86. The van der Waals surface area contributed by atoms with Gasteiger partial charge in [-0.25, -0.2) is 0 Å². The molecule has 0 N–H and O–H groups in total. The number of hydrogen-bond donors (Lipinski definition) is 0. The lowest BCUT2D eigenvalue weighted by Gasteiger charge is -2.30. The fraction of sp³-hybridized carbons (Fsp3) is 0.533. The molecule has 19 heavy (non-hydrogen) atoms. The molecule has 4 heteroatoms. The van der Waals surface area contributed by atoms with Gasteiger partial charge in [-0.2, -0.15) is 0 Å². The lowest BCUT2D eigenvalue weighted by molar-refractivity contribution is 0.0679. The minimum atomic E-state index is 0.0950. The van der Waals surface area contributed by atoms with Crippen molar-refractivity contribution < 1.29 is 4.79 Å². The van der Waals surface area contributed by atoms with Crippen LogP contribution in [0.1, 0.15) is 29.8 Å². The summed E-state index contributed by atoms with van der Waals surface area (Å²) in [5.74, 6) is 0.0950. The van der Waals surface area contributed by atoms with Crippen molar-refractivity contribution in [2.24, 2.45) is 0 Å². The van der Waals surface area contributed by atoms with Crippen molar-refractivity contribution >= 4 is 21.8 Å². The molecule has 0 radical (unpaired) electrons. The van der Waals surface area contributed by atoms with E-state index >= 15 is 0 Å². The average Bonchev–Trinajstić information content (AvgIpc) is 2.32. The topological polar surface area (TPSA) is 23.6 Å². The van der Waals surface area contributed by atoms with E-state index in [1.165, 1.54) is 0 Å². The fourth-order valence-corrected chi connectivity index (χ4v) is 2.55. The molecule has 0 aliphatic heterocycles. The third-order valence-electron chi connectivity index (χ3n) is 3.18. The molecule has 0 spiro atoms. The molecule has 0 heterocycles. The second-order valence-corrected chi connectivity index (χ2v) is 6.02. The Morgan fingerprint density at radius 3 is 2.47 bits per heavy atom. The van der Waals surface area contributed by atoms with Gasteiger partial charge in [-0.3, -0.25) is 4.79 Å². The summed E-state index contributed by atoms with van der Waals surface area (Å²) < 4.78 is 0.981. The van der Waals surface area contributed by atoms with E-state index < -0.39 is 0 Å². The van der Waals surface area contributed by atoms with Crippen molar-refractivity contribution in [2.45, 2.75) is 26.8 Å². The first kappa shape index (κ1) is 16.2. The van der Waals surface area contributed by atoms with E-state index in [0.29, 0.717) is 0 Å². The largest absolute Gasteiger partial charge is 0.335 e. The highest BCUT2D eigenvalue weighted by molar-refractivity contribution is 9.10. The molecular weight excluding hydrogens is 304 g/mol. The summed E-state index contributed by atoms with van der Waals surface area (Å²) in [5.41, 5.74) is 1.88. The zero-order chi connectivity index (χ0) is 14.6. The van der Waals surface area contributed by atoms with E-state index in [9.17, 15) is 4.79 Å². The van der Waals surface area contributed by atoms with Gasteiger partial charge in [0.1, 0.15) is 0 Å². The molecule has 1 aromatic rings. The maximum atomic E-state index is 12.5. The number of aryl methyl sites for hydroxylation is 1. The van der Waals surface area contributed by atoms with Crippen LogP contribution in [0.25, 0.3) is 0 Å². The smallest absolute Gasteiger partial charge is 0.254 e. The molecule has 3 nitrogen and oxygen atoms in total. The second kappa shape index (κ2) is 7.06. The normalized spacial score (nSPS) is 12.6. The maximum absolute atomic E-state index is 12.5. The van der Waals surface area contributed by atoms with Gasteiger partial charge in [-0.05, 0) is 52.6 Å². The quantitative estimate of drug-likeness (QED) is 0.829. The van der Waals surface area contributed by atoms with Gasteiger partial charge in [0, 0.05) is 29.2 Å². The Hall–Kier alpha value is -0.870. The molecular formula is C15H23BrN2O. The Bertz CT molecular complexity index is 446. The van der Waals surface area contributed by atoms with Crippen LogP contribution in [0.3, 0.4) is 0 Å². The number of nitrogens with zero attached hydrogens (tertiary/aromatic N) is 2. The van der Waals surface area contributed by atoms with Crippen LogP contribution in [0.15, 0.2) is 22.7 Å². The first-order valence-electron chi connectivity index (χ1n) is 6.58. The summed E-state index contributed by atoms with van der Waals surface area (Å²) >= 11 is 3.48. The number of hydrogen-bond acceptors (Lipinski definition) is 2. The summed E-state index contributed by atoms with van der Waals surface area (Å²) in [4.78, 5) is 16.6. The molecule has 0 bridgehead atoms. The fourth-order valence-electron chi connectivity index (χ4n) is 2.17. The van der Waals surface area contributed by atoms with Crippen LogP contribution < -0.4 is 0 Å². The van der Waals surface area contributed by atoms with E-state index in [-0.39, 0.29) is 11.9 Å². The standard InChI is InChI=1S/C15H23BrN2O/c1-6-18(12(3)10-17(4)5)15(19)13-8-7-11(2)14(16)9-13/h7-9,12H,6,10H2,1-5H3. The number of halogens is 1. The van der Waals surface area contributed by atoms with Crippen LogP contribution in [0.4, 0.5) is 0 Å². The van der Waals surface area contributed by atoms with E-state index in [4.69, 9.17) is 0 Å². The van der Waals surface area contributed by atoms with Gasteiger partial charge in [0.15, 0.2) is 0 Å². The van der Waals surface area contributed by atoms with Crippen molar-refractivity contribution in [3.63, 3.8) is 0 Å². The van der Waals surface area contributed by atoms with Crippen molar-refractivity contribution in [3.05, 3.63) is 33.8 Å². The van der Waals surface area contributed by atoms with Crippen molar-refractivity contribution in [1.29, 1.82) is 0 Å². The molecule has 1 aromatic carbocycles. The number of likely N-dealkylation sites (N-methyl/N-ethyl adjacent to an activating group) is 2. The van der Waals surface area contributed by atoms with Gasteiger partial charge in [-0.1, -0.05) is 22.0 Å². The zero-order valence-electron chi connectivity index (χ0n) is 12.4. The molecule has 1 amide bonds. The van der Waals surface area contributed by atoms with Gasteiger partial charge in [0.25, 0.3) is 5.91 Å². The zero-order valence-corrected chi connectivity index (χ0v) is 14.0. The van der Waals surface area contributed by atoms with Gasteiger partial charge in [-0.15, -0.1) is 0 Å². The van der Waals surface area contributed by atoms with Crippen LogP contribution in [0.5, 0.6) is 0 Å². The highest BCUT2D eigenvalue weighted by Crippen LogP contribution is 2.19. The summed E-state index contributed by atoms with van der Waals surface area (Å²) in [6, 6.07) is 5.98. The number of carbonyl (C=O) groups excluding carboxylic acids is 1. The Morgan fingerprint density at radius 1 is 1.37 bits per heavy atom. The molecule has 0 saturated carbocycles. The lowest BCUT2D eigenvalue weighted by atomic mass is 10.1. The first-order valence-corrected chi connectivity index (χ1v) is 7.38. The van der Waals surface area contributed by atoms with E-state index in [1.54, 1.807) is 0 Å². The van der Waals surface area contributed by atoms with Crippen LogP contribution in [-0.2, 0) is 0 Å². The van der Waals surface area contributed by atoms with Gasteiger partial charge >= 0.3 is 0 Å². The Balaban J connectivity index is 2.91. The second-order valence-electron chi connectivity index (χ2n) is 5.17. The third kappa shape index (κ3) is 4.32. The van der Waals surface area contributed by atoms with Crippen molar-refractivity contribution in [1.82, 2.24) is 9.80 Å². The predicted octanol–water partition coefficient (Wildman–Crippen LogP) is 3.17. The SMILES string of the molecule is CCN(C(=O)c1ccc(C)c(Br)c1)C(C)CN(C)C.